The summed E-state index contributed by atoms with van der Waals surface area (Å²) < 4.78 is 0. The molecule has 0 fully saturated rings. The van der Waals surface area contributed by atoms with Gasteiger partial charge in [0, 0.05) is 30.2 Å². The second-order valence-corrected chi connectivity index (χ2v) is 4.32. The van der Waals surface area contributed by atoms with Gasteiger partial charge in [0.25, 0.3) is 0 Å². The SMILES string of the molecule is NNC(c1ccncc1)c1cccc2cnccc12. The van der Waals surface area contributed by atoms with Gasteiger partial charge in [0.1, 0.15) is 0 Å². The molecular formula is C15H14N4. The molecule has 0 aliphatic rings. The van der Waals surface area contributed by atoms with Crippen molar-refractivity contribution in [1.29, 1.82) is 0 Å². The second-order valence-electron chi connectivity index (χ2n) is 4.32. The Hall–Kier alpha value is -2.30. The third-order valence-electron chi connectivity index (χ3n) is 3.23. The van der Waals surface area contributed by atoms with Gasteiger partial charge in [-0.25, -0.2) is 5.43 Å². The van der Waals surface area contributed by atoms with E-state index in [0.717, 1.165) is 21.9 Å². The molecule has 1 aromatic carbocycles. The first-order valence-corrected chi connectivity index (χ1v) is 6.09. The average Bonchev–Trinajstić information content (AvgIpc) is 2.49. The molecule has 3 aromatic rings. The molecule has 3 N–H and O–H groups in total. The van der Waals surface area contributed by atoms with Gasteiger partial charge in [-0.15, -0.1) is 0 Å². The topological polar surface area (TPSA) is 63.8 Å². The number of rotatable bonds is 3. The van der Waals surface area contributed by atoms with Crippen LogP contribution in [0, 0.1) is 0 Å². The molecule has 2 aromatic heterocycles. The van der Waals surface area contributed by atoms with Gasteiger partial charge in [0.05, 0.1) is 6.04 Å². The lowest BCUT2D eigenvalue weighted by Crippen LogP contribution is -2.29. The van der Waals surface area contributed by atoms with Crippen molar-refractivity contribution < 1.29 is 0 Å². The molecule has 94 valence electrons. The first kappa shape index (κ1) is 11.8. The number of nitrogens with zero attached hydrogens (tertiary/aromatic N) is 2. The standard InChI is InChI=1S/C15H14N4/c16-19-15(11-4-7-17-8-5-11)14-3-1-2-12-10-18-9-6-13(12)14/h1-10,15,19H,16H2. The molecule has 19 heavy (non-hydrogen) atoms. The van der Waals surface area contributed by atoms with E-state index in [1.165, 1.54) is 0 Å². The molecule has 0 amide bonds. The van der Waals surface area contributed by atoms with Gasteiger partial charge in [0.2, 0.25) is 0 Å². The van der Waals surface area contributed by atoms with E-state index >= 15 is 0 Å². The second kappa shape index (κ2) is 5.14. The number of hydrazine groups is 1. The number of benzene rings is 1. The average molecular weight is 250 g/mol. The van der Waals surface area contributed by atoms with Crippen molar-refractivity contribution in [2.45, 2.75) is 6.04 Å². The molecule has 0 radical (unpaired) electrons. The third-order valence-corrected chi connectivity index (χ3v) is 3.23. The van der Waals surface area contributed by atoms with Crippen molar-refractivity contribution in [1.82, 2.24) is 15.4 Å². The van der Waals surface area contributed by atoms with Crippen LogP contribution in [-0.4, -0.2) is 9.97 Å². The summed E-state index contributed by atoms with van der Waals surface area (Å²) in [5, 5.41) is 2.26. The number of hydrogen-bond donors (Lipinski definition) is 2. The van der Waals surface area contributed by atoms with E-state index in [-0.39, 0.29) is 6.04 Å². The van der Waals surface area contributed by atoms with Crippen LogP contribution in [0.25, 0.3) is 10.8 Å². The molecule has 3 rings (SSSR count). The van der Waals surface area contributed by atoms with Gasteiger partial charge in [-0.05, 0) is 34.7 Å². The Morgan fingerprint density at radius 3 is 2.53 bits per heavy atom. The van der Waals surface area contributed by atoms with Crippen molar-refractivity contribution in [2.75, 3.05) is 0 Å². The Bertz CT molecular complexity index is 677. The highest BCUT2D eigenvalue weighted by Crippen LogP contribution is 2.27. The number of nitrogens with one attached hydrogen (secondary N) is 1. The van der Waals surface area contributed by atoms with Crippen molar-refractivity contribution >= 4 is 10.8 Å². The summed E-state index contributed by atoms with van der Waals surface area (Å²) in [6.45, 7) is 0. The molecule has 4 heteroatoms. The lowest BCUT2D eigenvalue weighted by Gasteiger charge is -2.18. The van der Waals surface area contributed by atoms with Gasteiger partial charge in [-0.3, -0.25) is 15.8 Å². The van der Waals surface area contributed by atoms with E-state index in [1.54, 1.807) is 18.6 Å². The smallest absolute Gasteiger partial charge is 0.0717 e. The van der Waals surface area contributed by atoms with Gasteiger partial charge >= 0.3 is 0 Å². The Balaban J connectivity index is 2.17. The maximum atomic E-state index is 5.74. The van der Waals surface area contributed by atoms with Crippen molar-refractivity contribution in [3.8, 4) is 0 Å². The molecule has 0 aliphatic carbocycles. The largest absolute Gasteiger partial charge is 0.271 e. The molecule has 0 saturated carbocycles. The minimum Gasteiger partial charge on any atom is -0.271 e. The van der Waals surface area contributed by atoms with Crippen LogP contribution in [0.5, 0.6) is 0 Å². The van der Waals surface area contributed by atoms with Crippen molar-refractivity contribution in [3.05, 3.63) is 72.3 Å². The van der Waals surface area contributed by atoms with Crippen LogP contribution in [0.4, 0.5) is 0 Å². The lowest BCUT2D eigenvalue weighted by atomic mass is 9.95. The number of fused-ring (bicyclic) bond motifs is 1. The summed E-state index contributed by atoms with van der Waals surface area (Å²) in [6, 6.07) is 12.0. The summed E-state index contributed by atoms with van der Waals surface area (Å²) in [5.41, 5.74) is 5.10. The molecule has 0 aliphatic heterocycles. The molecule has 4 nitrogen and oxygen atoms in total. The van der Waals surface area contributed by atoms with E-state index in [4.69, 9.17) is 5.84 Å². The maximum Gasteiger partial charge on any atom is 0.0717 e. The van der Waals surface area contributed by atoms with Crippen molar-refractivity contribution in [2.24, 2.45) is 5.84 Å². The van der Waals surface area contributed by atoms with Gasteiger partial charge in [-0.1, -0.05) is 18.2 Å². The zero-order valence-corrected chi connectivity index (χ0v) is 10.3. The fourth-order valence-corrected chi connectivity index (χ4v) is 2.32. The summed E-state index contributed by atoms with van der Waals surface area (Å²) in [4.78, 5) is 8.19. The molecule has 0 spiro atoms. The highest BCUT2D eigenvalue weighted by atomic mass is 15.2. The zero-order valence-electron chi connectivity index (χ0n) is 10.3. The zero-order chi connectivity index (χ0) is 13.1. The molecule has 2 heterocycles. The van der Waals surface area contributed by atoms with E-state index in [0.29, 0.717) is 0 Å². The highest BCUT2D eigenvalue weighted by Gasteiger charge is 2.14. The van der Waals surface area contributed by atoms with E-state index in [9.17, 15) is 0 Å². The quantitative estimate of drug-likeness (QED) is 0.552. The minimum absolute atomic E-state index is 0.0610. The summed E-state index contributed by atoms with van der Waals surface area (Å²) in [7, 11) is 0. The van der Waals surface area contributed by atoms with Crippen LogP contribution in [0.15, 0.2) is 61.2 Å². The lowest BCUT2D eigenvalue weighted by molar-refractivity contribution is 0.640. The van der Waals surface area contributed by atoms with E-state index in [1.807, 2.05) is 36.5 Å². The van der Waals surface area contributed by atoms with Crippen LogP contribution in [0.1, 0.15) is 17.2 Å². The molecule has 0 saturated heterocycles. The predicted octanol–water partition coefficient (Wildman–Crippen LogP) is 2.18. The number of aromatic nitrogens is 2. The molecule has 1 unspecified atom stereocenters. The fourth-order valence-electron chi connectivity index (χ4n) is 2.32. The third kappa shape index (κ3) is 2.19. The van der Waals surface area contributed by atoms with Gasteiger partial charge in [-0.2, -0.15) is 0 Å². The molecular weight excluding hydrogens is 236 g/mol. The number of nitrogens with two attached hydrogens (primary N) is 1. The molecule has 0 bridgehead atoms. The Labute approximate surface area is 111 Å². The first-order chi connectivity index (χ1) is 9.40. The monoisotopic (exact) mass is 250 g/mol. The minimum atomic E-state index is -0.0610. The first-order valence-electron chi connectivity index (χ1n) is 6.09. The van der Waals surface area contributed by atoms with E-state index in [2.05, 4.69) is 21.5 Å². The maximum absolute atomic E-state index is 5.74. The fraction of sp³-hybridized carbons (Fsp3) is 0.0667. The van der Waals surface area contributed by atoms with Crippen LogP contribution in [0.2, 0.25) is 0 Å². The normalized spacial score (nSPS) is 12.5. The highest BCUT2D eigenvalue weighted by molar-refractivity contribution is 5.85. The Kier molecular flexibility index (Phi) is 3.18. The van der Waals surface area contributed by atoms with E-state index < -0.39 is 0 Å². The van der Waals surface area contributed by atoms with Crippen molar-refractivity contribution in [3.63, 3.8) is 0 Å². The van der Waals surface area contributed by atoms with Crippen LogP contribution in [0.3, 0.4) is 0 Å². The number of pyridine rings is 2. The summed E-state index contributed by atoms with van der Waals surface area (Å²) >= 11 is 0. The predicted molar refractivity (Wildman–Crippen MR) is 75.1 cm³/mol. The Morgan fingerprint density at radius 2 is 1.74 bits per heavy atom. The van der Waals surface area contributed by atoms with Gasteiger partial charge < -0.3 is 0 Å². The Morgan fingerprint density at radius 1 is 0.947 bits per heavy atom. The van der Waals surface area contributed by atoms with Crippen LogP contribution in [-0.2, 0) is 0 Å². The molecule has 1 atom stereocenters. The van der Waals surface area contributed by atoms with Crippen LogP contribution >= 0.6 is 0 Å². The summed E-state index contributed by atoms with van der Waals surface area (Å²) in [6.07, 6.45) is 7.20. The van der Waals surface area contributed by atoms with Crippen LogP contribution < -0.4 is 11.3 Å². The summed E-state index contributed by atoms with van der Waals surface area (Å²) in [5.74, 6) is 5.74. The number of hydrogen-bond acceptors (Lipinski definition) is 4. The van der Waals surface area contributed by atoms with Gasteiger partial charge in [0.15, 0.2) is 0 Å².